The molecule has 0 spiro atoms. The average molecular weight is 562 g/mol. The van der Waals surface area contributed by atoms with Crippen molar-refractivity contribution in [2.45, 2.75) is 45.3 Å². The Hall–Kier alpha value is -4.18. The number of carbonyl (C=O) groups excluding carboxylic acids is 2. The average Bonchev–Trinajstić information content (AvgIpc) is 3.36. The number of halogens is 1. The van der Waals surface area contributed by atoms with Gasteiger partial charge >= 0.3 is 0 Å². The summed E-state index contributed by atoms with van der Waals surface area (Å²) < 4.78 is 20.7. The van der Waals surface area contributed by atoms with Gasteiger partial charge in [-0.05, 0) is 86.0 Å². The van der Waals surface area contributed by atoms with Crippen LogP contribution in [0.4, 0.5) is 10.1 Å². The molecule has 208 valence electrons. The molecule has 40 heavy (non-hydrogen) atoms. The molecule has 0 atom stereocenters. The molecule has 0 fully saturated rings. The van der Waals surface area contributed by atoms with Crippen molar-refractivity contribution in [2.24, 2.45) is 0 Å². The van der Waals surface area contributed by atoms with Crippen LogP contribution in [-0.4, -0.2) is 38.9 Å². The maximum absolute atomic E-state index is 13.2. The Morgan fingerprint density at radius 2 is 1.75 bits per heavy atom. The summed E-state index contributed by atoms with van der Waals surface area (Å²) in [6.45, 7) is 6.86. The van der Waals surface area contributed by atoms with Crippen molar-refractivity contribution in [3.63, 3.8) is 0 Å². The van der Waals surface area contributed by atoms with E-state index in [-0.39, 0.29) is 29.9 Å². The molecule has 0 unspecified atom stereocenters. The van der Waals surface area contributed by atoms with Gasteiger partial charge in [0.1, 0.15) is 11.6 Å². The zero-order valence-corrected chi connectivity index (χ0v) is 23.6. The van der Waals surface area contributed by atoms with Crippen LogP contribution in [0.3, 0.4) is 0 Å². The molecule has 0 aliphatic carbocycles. The number of benzene rings is 3. The van der Waals surface area contributed by atoms with Crippen LogP contribution in [0.15, 0.2) is 71.9 Å². The fourth-order valence-electron chi connectivity index (χ4n) is 3.87. The number of carbonyl (C=O) groups is 2. The van der Waals surface area contributed by atoms with Gasteiger partial charge in [0.2, 0.25) is 5.91 Å². The highest BCUT2D eigenvalue weighted by Gasteiger charge is 2.19. The van der Waals surface area contributed by atoms with E-state index in [0.29, 0.717) is 28.8 Å². The first-order valence-electron chi connectivity index (χ1n) is 13.0. The summed E-state index contributed by atoms with van der Waals surface area (Å²) in [6, 6.07) is 18.7. The quantitative estimate of drug-likeness (QED) is 0.166. The van der Waals surface area contributed by atoms with Crippen LogP contribution in [0.25, 0.3) is 5.69 Å². The zero-order valence-electron chi connectivity index (χ0n) is 22.7. The number of rotatable bonds is 12. The monoisotopic (exact) mass is 561 g/mol. The van der Waals surface area contributed by atoms with E-state index >= 15 is 0 Å². The summed E-state index contributed by atoms with van der Waals surface area (Å²) >= 11 is 1.22. The van der Waals surface area contributed by atoms with Gasteiger partial charge in [0.05, 0.1) is 24.6 Å². The smallest absolute Gasteiger partial charge is 0.251 e. The first-order valence-corrected chi connectivity index (χ1v) is 14.0. The van der Waals surface area contributed by atoms with E-state index in [1.54, 1.807) is 24.3 Å². The van der Waals surface area contributed by atoms with Gasteiger partial charge in [-0.15, -0.1) is 10.2 Å². The molecular formula is C30H32FN5O3S. The Morgan fingerprint density at radius 3 is 2.48 bits per heavy atom. The lowest BCUT2D eigenvalue weighted by Gasteiger charge is -2.14. The number of amides is 2. The van der Waals surface area contributed by atoms with Crippen LogP contribution < -0.4 is 15.4 Å². The van der Waals surface area contributed by atoms with E-state index < -0.39 is 0 Å². The number of nitrogens with one attached hydrogen (secondary N) is 2. The number of ether oxygens (including phenoxy) is 1. The van der Waals surface area contributed by atoms with E-state index in [4.69, 9.17) is 4.74 Å². The number of anilines is 1. The Morgan fingerprint density at radius 1 is 1.00 bits per heavy atom. The number of unbranched alkanes of at least 4 members (excludes halogenated alkanes) is 1. The topological polar surface area (TPSA) is 98.1 Å². The molecule has 0 aliphatic heterocycles. The standard InChI is InChI=1S/C30H32FN5O3S/c1-4-5-16-39-25-14-8-22(9-15-25)29(38)32-18-27-34-35-30(36(27)26-17-20(2)6-7-21(26)3)40-19-28(37)33-24-12-10-23(31)11-13-24/h6-15,17H,4-5,16,18-19H2,1-3H3,(H,32,38)(H,33,37). The fourth-order valence-corrected chi connectivity index (χ4v) is 4.63. The van der Waals surface area contributed by atoms with Crippen molar-refractivity contribution >= 4 is 29.3 Å². The summed E-state index contributed by atoms with van der Waals surface area (Å²) in [7, 11) is 0. The molecule has 0 aliphatic rings. The number of hydrogen-bond acceptors (Lipinski definition) is 6. The lowest BCUT2D eigenvalue weighted by atomic mass is 10.1. The van der Waals surface area contributed by atoms with E-state index in [1.165, 1.54) is 36.0 Å². The highest BCUT2D eigenvalue weighted by molar-refractivity contribution is 7.99. The third-order valence-corrected chi connectivity index (χ3v) is 6.99. The minimum atomic E-state index is -0.373. The highest BCUT2D eigenvalue weighted by Crippen LogP contribution is 2.26. The number of aryl methyl sites for hydroxylation is 2. The molecule has 0 saturated heterocycles. The molecule has 0 radical (unpaired) electrons. The first-order chi connectivity index (χ1) is 19.3. The molecule has 1 heterocycles. The van der Waals surface area contributed by atoms with Crippen molar-refractivity contribution in [1.29, 1.82) is 0 Å². The van der Waals surface area contributed by atoms with E-state index in [1.807, 2.05) is 36.6 Å². The number of hydrogen-bond donors (Lipinski definition) is 2. The molecule has 2 amide bonds. The van der Waals surface area contributed by atoms with Crippen molar-refractivity contribution in [3.8, 4) is 11.4 Å². The third kappa shape index (κ3) is 7.69. The summed E-state index contributed by atoms with van der Waals surface area (Å²) in [5, 5.41) is 14.9. The minimum Gasteiger partial charge on any atom is -0.494 e. The lowest BCUT2D eigenvalue weighted by Crippen LogP contribution is -2.24. The van der Waals surface area contributed by atoms with Crippen molar-refractivity contribution in [1.82, 2.24) is 20.1 Å². The van der Waals surface area contributed by atoms with Gasteiger partial charge in [-0.1, -0.05) is 37.2 Å². The second-order valence-electron chi connectivity index (χ2n) is 9.28. The normalized spacial score (nSPS) is 10.8. The van der Waals surface area contributed by atoms with Gasteiger partial charge in [0.15, 0.2) is 11.0 Å². The van der Waals surface area contributed by atoms with Gasteiger partial charge in [0.25, 0.3) is 5.91 Å². The number of nitrogens with zero attached hydrogens (tertiary/aromatic N) is 3. The summed E-state index contributed by atoms with van der Waals surface area (Å²) in [6.07, 6.45) is 2.03. The first kappa shape index (κ1) is 28.8. The summed E-state index contributed by atoms with van der Waals surface area (Å²) in [5.74, 6) is 0.446. The van der Waals surface area contributed by atoms with Crippen molar-refractivity contribution in [2.75, 3.05) is 17.7 Å². The van der Waals surface area contributed by atoms with Gasteiger partial charge in [-0.25, -0.2) is 4.39 Å². The van der Waals surface area contributed by atoms with Gasteiger partial charge < -0.3 is 15.4 Å². The second kappa shape index (κ2) is 13.7. The van der Waals surface area contributed by atoms with Crippen LogP contribution in [0.1, 0.15) is 47.1 Å². The summed E-state index contributed by atoms with van der Waals surface area (Å²) in [5.41, 5.74) is 3.92. The molecular weight excluding hydrogens is 529 g/mol. The SMILES string of the molecule is CCCCOc1ccc(C(=O)NCc2nnc(SCC(=O)Nc3ccc(F)cc3)n2-c2cc(C)ccc2C)cc1. The number of aromatic nitrogens is 3. The number of thioether (sulfide) groups is 1. The Balaban J connectivity index is 1.47. The Labute approximate surface area is 237 Å². The molecule has 1 aromatic heterocycles. The Kier molecular flexibility index (Phi) is 9.91. The summed E-state index contributed by atoms with van der Waals surface area (Å²) in [4.78, 5) is 25.5. The predicted octanol–water partition coefficient (Wildman–Crippen LogP) is 5.86. The molecule has 4 rings (SSSR count). The van der Waals surface area contributed by atoms with E-state index in [9.17, 15) is 14.0 Å². The fraction of sp³-hybridized carbons (Fsp3) is 0.267. The van der Waals surface area contributed by atoms with E-state index in [2.05, 4.69) is 27.8 Å². The molecule has 0 saturated carbocycles. The molecule has 4 aromatic rings. The Bertz CT molecular complexity index is 1460. The van der Waals surface area contributed by atoms with Crippen molar-refractivity contribution in [3.05, 3.63) is 95.1 Å². The van der Waals surface area contributed by atoms with Gasteiger partial charge in [-0.2, -0.15) is 0 Å². The minimum absolute atomic E-state index is 0.0689. The van der Waals surface area contributed by atoms with Crippen LogP contribution in [-0.2, 0) is 11.3 Å². The lowest BCUT2D eigenvalue weighted by molar-refractivity contribution is -0.113. The predicted molar refractivity (Wildman–Crippen MR) is 155 cm³/mol. The van der Waals surface area contributed by atoms with Crippen LogP contribution in [0.5, 0.6) is 5.75 Å². The molecule has 3 aromatic carbocycles. The molecule has 2 N–H and O–H groups in total. The molecule has 10 heteroatoms. The third-order valence-electron chi connectivity index (χ3n) is 6.06. The largest absolute Gasteiger partial charge is 0.494 e. The zero-order chi connectivity index (χ0) is 28.5. The van der Waals surface area contributed by atoms with Crippen molar-refractivity contribution < 1.29 is 18.7 Å². The highest BCUT2D eigenvalue weighted by atomic mass is 32.2. The molecule has 0 bridgehead atoms. The van der Waals surface area contributed by atoms with Crippen LogP contribution in [0.2, 0.25) is 0 Å². The van der Waals surface area contributed by atoms with Gasteiger partial charge in [-0.3, -0.25) is 14.2 Å². The van der Waals surface area contributed by atoms with Crippen LogP contribution >= 0.6 is 11.8 Å². The van der Waals surface area contributed by atoms with Crippen LogP contribution in [0, 0.1) is 19.7 Å². The van der Waals surface area contributed by atoms with Gasteiger partial charge in [0, 0.05) is 11.3 Å². The second-order valence-corrected chi connectivity index (χ2v) is 10.2. The maximum Gasteiger partial charge on any atom is 0.251 e. The maximum atomic E-state index is 13.2. The molecule has 8 nitrogen and oxygen atoms in total. The van der Waals surface area contributed by atoms with E-state index in [0.717, 1.165) is 35.4 Å².